The molecule has 1 unspecified atom stereocenters. The van der Waals surface area contributed by atoms with Crippen molar-refractivity contribution in [3.8, 4) is 0 Å². The van der Waals surface area contributed by atoms with Crippen molar-refractivity contribution in [1.82, 2.24) is 19.9 Å². The molecular formula is C22H23N5O2. The second-order valence-corrected chi connectivity index (χ2v) is 8.03. The Bertz CT molecular complexity index is 1110. The van der Waals surface area contributed by atoms with Crippen LogP contribution in [0.1, 0.15) is 69.1 Å². The third kappa shape index (κ3) is 3.06. The molecule has 7 heteroatoms. The molecule has 0 bridgehead atoms. The van der Waals surface area contributed by atoms with Crippen LogP contribution in [0.15, 0.2) is 36.7 Å². The predicted molar refractivity (Wildman–Crippen MR) is 108 cm³/mol. The molecule has 148 valence electrons. The van der Waals surface area contributed by atoms with Gasteiger partial charge in [-0.1, -0.05) is 31.0 Å². The zero-order valence-corrected chi connectivity index (χ0v) is 16.1. The van der Waals surface area contributed by atoms with Gasteiger partial charge in [-0.2, -0.15) is 5.10 Å². The first kappa shape index (κ1) is 17.8. The largest absolute Gasteiger partial charge is 0.365 e. The van der Waals surface area contributed by atoms with Crippen LogP contribution in [-0.2, 0) is 12.8 Å². The number of carbonyl (C=O) groups excluding carboxylic acids is 2. The topological polar surface area (TPSA) is 102 Å². The normalized spacial score (nSPS) is 18.8. The quantitative estimate of drug-likeness (QED) is 0.715. The van der Waals surface area contributed by atoms with Crippen molar-refractivity contribution in [2.24, 2.45) is 5.73 Å². The minimum Gasteiger partial charge on any atom is -0.365 e. The van der Waals surface area contributed by atoms with Gasteiger partial charge < -0.3 is 11.1 Å². The molecule has 5 rings (SSSR count). The van der Waals surface area contributed by atoms with E-state index in [1.807, 2.05) is 0 Å². The highest BCUT2D eigenvalue weighted by atomic mass is 16.2. The number of nitrogens with zero attached hydrogens (tertiary/aromatic N) is 3. The van der Waals surface area contributed by atoms with Gasteiger partial charge in [0.25, 0.3) is 11.8 Å². The van der Waals surface area contributed by atoms with E-state index in [2.05, 4.69) is 33.6 Å². The van der Waals surface area contributed by atoms with Crippen molar-refractivity contribution >= 4 is 17.5 Å². The average molecular weight is 389 g/mol. The molecule has 2 aliphatic carbocycles. The maximum absolute atomic E-state index is 13.0. The Morgan fingerprint density at radius 2 is 1.97 bits per heavy atom. The highest BCUT2D eigenvalue weighted by Crippen LogP contribution is 2.39. The van der Waals surface area contributed by atoms with E-state index >= 15 is 0 Å². The van der Waals surface area contributed by atoms with Crippen LogP contribution >= 0.6 is 0 Å². The van der Waals surface area contributed by atoms with Crippen molar-refractivity contribution in [3.05, 3.63) is 64.6 Å². The second-order valence-electron chi connectivity index (χ2n) is 8.03. The van der Waals surface area contributed by atoms with Crippen LogP contribution in [0.4, 0.5) is 0 Å². The molecule has 29 heavy (non-hydrogen) atoms. The van der Waals surface area contributed by atoms with E-state index in [1.165, 1.54) is 59.3 Å². The third-order valence-electron chi connectivity index (χ3n) is 6.26. The molecule has 3 N–H and O–H groups in total. The molecule has 2 amide bonds. The van der Waals surface area contributed by atoms with E-state index in [0.29, 0.717) is 17.3 Å². The molecule has 1 atom stereocenters. The highest BCUT2D eigenvalue weighted by Gasteiger charge is 2.29. The summed E-state index contributed by atoms with van der Waals surface area (Å²) in [6.45, 7) is 0. The lowest BCUT2D eigenvalue weighted by Crippen LogP contribution is -2.36. The number of amides is 2. The summed E-state index contributed by atoms with van der Waals surface area (Å²) < 4.78 is 1.38. The van der Waals surface area contributed by atoms with Gasteiger partial charge in [0.2, 0.25) is 0 Å². The molecule has 3 aromatic rings. The maximum Gasteiger partial charge on any atom is 0.270 e. The van der Waals surface area contributed by atoms with Crippen LogP contribution in [0.5, 0.6) is 0 Å². The van der Waals surface area contributed by atoms with Gasteiger partial charge in [-0.25, -0.2) is 9.50 Å². The van der Waals surface area contributed by atoms with E-state index in [9.17, 15) is 9.59 Å². The van der Waals surface area contributed by atoms with Crippen molar-refractivity contribution in [3.63, 3.8) is 0 Å². The molecule has 2 aromatic heterocycles. The highest BCUT2D eigenvalue weighted by molar-refractivity contribution is 5.99. The monoisotopic (exact) mass is 389 g/mol. The zero-order chi connectivity index (χ0) is 20.0. The van der Waals surface area contributed by atoms with Crippen molar-refractivity contribution in [1.29, 1.82) is 0 Å². The number of primary amides is 1. The summed E-state index contributed by atoms with van der Waals surface area (Å²) in [4.78, 5) is 28.6. The fraction of sp³-hybridized carbons (Fsp3) is 0.364. The van der Waals surface area contributed by atoms with E-state index in [0.717, 1.165) is 12.8 Å². The number of nitrogens with one attached hydrogen (secondary N) is 1. The van der Waals surface area contributed by atoms with Crippen LogP contribution in [-0.4, -0.2) is 32.5 Å². The van der Waals surface area contributed by atoms with Gasteiger partial charge in [0.15, 0.2) is 5.65 Å². The third-order valence-corrected chi connectivity index (χ3v) is 6.26. The standard InChI is InChI=1S/C22H23N5O2/c23-20(28)18-12-25-27-19(8-9-24-21(18)27)22(29)26-15-10-14-6-3-7-16(17(14)11-15)13-4-1-2-5-13/h3,6-9,12-13,15H,1-2,4-5,10-11H2,(H2,23,28)(H,26,29). The fourth-order valence-electron chi connectivity index (χ4n) is 4.90. The molecule has 0 saturated heterocycles. The summed E-state index contributed by atoms with van der Waals surface area (Å²) in [5, 5.41) is 7.28. The lowest BCUT2D eigenvalue weighted by atomic mass is 9.91. The number of hydrogen-bond donors (Lipinski definition) is 2. The van der Waals surface area contributed by atoms with Crippen molar-refractivity contribution in [2.75, 3.05) is 0 Å². The molecule has 0 radical (unpaired) electrons. The van der Waals surface area contributed by atoms with E-state index in [-0.39, 0.29) is 17.5 Å². The summed E-state index contributed by atoms with van der Waals surface area (Å²) in [7, 11) is 0. The number of rotatable bonds is 4. The summed E-state index contributed by atoms with van der Waals surface area (Å²) in [5.74, 6) is -0.178. The number of nitrogens with two attached hydrogens (primary N) is 1. The summed E-state index contributed by atoms with van der Waals surface area (Å²) in [6.07, 6.45) is 9.69. The number of hydrogen-bond acceptors (Lipinski definition) is 4. The maximum atomic E-state index is 13.0. The summed E-state index contributed by atoms with van der Waals surface area (Å²) in [6, 6.07) is 8.25. The van der Waals surface area contributed by atoms with Gasteiger partial charge in [0.1, 0.15) is 11.3 Å². The summed E-state index contributed by atoms with van der Waals surface area (Å²) in [5.41, 5.74) is 10.4. The van der Waals surface area contributed by atoms with Crippen LogP contribution in [0.25, 0.3) is 5.65 Å². The van der Waals surface area contributed by atoms with E-state index < -0.39 is 5.91 Å². The van der Waals surface area contributed by atoms with Gasteiger partial charge >= 0.3 is 0 Å². The Labute approximate surface area is 168 Å². The van der Waals surface area contributed by atoms with E-state index in [1.54, 1.807) is 6.07 Å². The van der Waals surface area contributed by atoms with Crippen LogP contribution in [0.2, 0.25) is 0 Å². The van der Waals surface area contributed by atoms with Gasteiger partial charge in [0.05, 0.1) is 6.20 Å². The van der Waals surface area contributed by atoms with Gasteiger partial charge in [-0.15, -0.1) is 0 Å². The zero-order valence-electron chi connectivity index (χ0n) is 16.1. The van der Waals surface area contributed by atoms with E-state index in [4.69, 9.17) is 5.73 Å². The number of benzene rings is 1. The molecule has 0 spiro atoms. The molecule has 2 aliphatic rings. The molecule has 1 fully saturated rings. The SMILES string of the molecule is NC(=O)c1cnn2c(C(=O)NC3Cc4cccc(C5CCCC5)c4C3)ccnc12. The number of carbonyl (C=O) groups is 2. The fourth-order valence-corrected chi connectivity index (χ4v) is 4.90. The molecule has 7 nitrogen and oxygen atoms in total. The second kappa shape index (κ2) is 6.99. The van der Waals surface area contributed by atoms with Crippen molar-refractivity contribution in [2.45, 2.75) is 50.5 Å². The van der Waals surface area contributed by atoms with Crippen LogP contribution in [0.3, 0.4) is 0 Å². The van der Waals surface area contributed by atoms with Gasteiger partial charge in [-0.05, 0) is 54.4 Å². The predicted octanol–water partition coefficient (Wildman–Crippen LogP) is 2.38. The Morgan fingerprint density at radius 1 is 1.14 bits per heavy atom. The number of aromatic nitrogens is 3. The smallest absolute Gasteiger partial charge is 0.270 e. The van der Waals surface area contributed by atoms with Gasteiger partial charge in [-0.3, -0.25) is 9.59 Å². The van der Waals surface area contributed by atoms with Crippen LogP contribution in [0, 0.1) is 0 Å². The van der Waals surface area contributed by atoms with Crippen molar-refractivity contribution < 1.29 is 9.59 Å². The Morgan fingerprint density at radius 3 is 2.76 bits per heavy atom. The lowest BCUT2D eigenvalue weighted by Gasteiger charge is -2.15. The molecule has 1 saturated carbocycles. The first-order chi connectivity index (χ1) is 14.1. The summed E-state index contributed by atoms with van der Waals surface area (Å²) >= 11 is 0. The minimum absolute atomic E-state index is 0.0504. The molecule has 0 aliphatic heterocycles. The minimum atomic E-state index is -0.615. The van der Waals surface area contributed by atoms with Crippen LogP contribution < -0.4 is 11.1 Å². The first-order valence-electron chi connectivity index (χ1n) is 10.2. The lowest BCUT2D eigenvalue weighted by molar-refractivity contribution is 0.0929. The Kier molecular flexibility index (Phi) is 4.30. The molecule has 2 heterocycles. The molecular weight excluding hydrogens is 366 g/mol. The average Bonchev–Trinajstić information content (AvgIpc) is 3.45. The number of fused-ring (bicyclic) bond motifs is 2. The molecule has 1 aromatic carbocycles. The Hall–Kier alpha value is -3.22. The van der Waals surface area contributed by atoms with Gasteiger partial charge in [0, 0.05) is 12.2 Å². The Balaban J connectivity index is 1.38. The first-order valence-corrected chi connectivity index (χ1v) is 10.2.